The van der Waals surface area contributed by atoms with Gasteiger partial charge in [-0.1, -0.05) is 31.2 Å². The molecule has 0 heterocycles. The van der Waals surface area contributed by atoms with Gasteiger partial charge in [-0.15, -0.1) is 24.0 Å². The fourth-order valence-corrected chi connectivity index (χ4v) is 1.76. The Morgan fingerprint density at radius 3 is 2.57 bits per heavy atom. The number of ether oxygens (including phenoxy) is 1. The van der Waals surface area contributed by atoms with Crippen LogP contribution in [0.4, 0.5) is 5.69 Å². The van der Waals surface area contributed by atoms with Crippen molar-refractivity contribution in [3.63, 3.8) is 0 Å². The first kappa shape index (κ1) is 19.2. The van der Waals surface area contributed by atoms with Crippen molar-refractivity contribution in [3.05, 3.63) is 54.6 Å². The number of aliphatic hydroxyl groups excluding tert-OH is 1. The molecule has 0 aliphatic heterocycles. The van der Waals surface area contributed by atoms with Crippen molar-refractivity contribution in [2.75, 3.05) is 18.5 Å². The van der Waals surface area contributed by atoms with E-state index in [1.807, 2.05) is 61.5 Å². The molecule has 0 radical (unpaired) electrons. The van der Waals surface area contributed by atoms with Crippen LogP contribution >= 0.6 is 24.0 Å². The predicted molar refractivity (Wildman–Crippen MR) is 105 cm³/mol. The van der Waals surface area contributed by atoms with E-state index in [9.17, 15) is 0 Å². The second-order valence-electron chi connectivity index (χ2n) is 5.08. The standard InChI is InChI=1S/C17H21N3O2.HI/c1-13(12-21)11-19-17(18)20-14-6-5-9-16(10-14)22-15-7-3-2-4-8-15;/h2-10,13,21H,11-12H2,1H3,(H3,18,19,20);1H. The summed E-state index contributed by atoms with van der Waals surface area (Å²) in [6.07, 6.45) is 0. The Morgan fingerprint density at radius 2 is 1.87 bits per heavy atom. The summed E-state index contributed by atoms with van der Waals surface area (Å²) in [5.74, 6) is 1.90. The molecule has 0 aliphatic carbocycles. The number of nitrogens with zero attached hydrogens (tertiary/aromatic N) is 1. The zero-order valence-corrected chi connectivity index (χ0v) is 15.3. The minimum Gasteiger partial charge on any atom is -0.457 e. The number of rotatable bonds is 6. The molecule has 1 atom stereocenters. The van der Waals surface area contributed by atoms with Crippen molar-refractivity contribution < 1.29 is 9.84 Å². The van der Waals surface area contributed by atoms with Crippen LogP contribution in [0.5, 0.6) is 11.5 Å². The second-order valence-corrected chi connectivity index (χ2v) is 5.08. The largest absolute Gasteiger partial charge is 0.457 e. The van der Waals surface area contributed by atoms with Gasteiger partial charge in [0.1, 0.15) is 11.5 Å². The van der Waals surface area contributed by atoms with E-state index in [2.05, 4.69) is 10.3 Å². The summed E-state index contributed by atoms with van der Waals surface area (Å²) in [5.41, 5.74) is 6.63. The molecule has 5 nitrogen and oxygen atoms in total. The molecule has 23 heavy (non-hydrogen) atoms. The summed E-state index contributed by atoms with van der Waals surface area (Å²) in [6.45, 7) is 2.48. The lowest BCUT2D eigenvalue weighted by Crippen LogP contribution is -2.24. The maximum absolute atomic E-state index is 8.97. The zero-order valence-electron chi connectivity index (χ0n) is 13.0. The average Bonchev–Trinajstić information content (AvgIpc) is 2.54. The van der Waals surface area contributed by atoms with Crippen LogP contribution in [0.1, 0.15) is 6.92 Å². The number of aliphatic imine (C=N–C) groups is 1. The average molecular weight is 427 g/mol. The number of aliphatic hydroxyl groups is 1. The Balaban J connectivity index is 0.00000264. The van der Waals surface area contributed by atoms with Crippen molar-refractivity contribution in [2.45, 2.75) is 6.92 Å². The van der Waals surface area contributed by atoms with E-state index < -0.39 is 0 Å². The van der Waals surface area contributed by atoms with Crippen LogP contribution in [0.15, 0.2) is 59.6 Å². The Bertz CT molecular complexity index is 620. The van der Waals surface area contributed by atoms with E-state index in [0.717, 1.165) is 11.4 Å². The highest BCUT2D eigenvalue weighted by atomic mass is 127. The molecule has 1 unspecified atom stereocenters. The maximum atomic E-state index is 8.97. The maximum Gasteiger partial charge on any atom is 0.193 e. The number of nitrogens with two attached hydrogens (primary N) is 1. The van der Waals surface area contributed by atoms with Crippen molar-refractivity contribution in [2.24, 2.45) is 16.6 Å². The molecule has 6 heteroatoms. The van der Waals surface area contributed by atoms with Gasteiger partial charge in [0, 0.05) is 24.9 Å². The van der Waals surface area contributed by atoms with E-state index >= 15 is 0 Å². The lowest BCUT2D eigenvalue weighted by Gasteiger charge is -2.10. The predicted octanol–water partition coefficient (Wildman–Crippen LogP) is 3.45. The van der Waals surface area contributed by atoms with Gasteiger partial charge in [-0.3, -0.25) is 4.99 Å². The molecule has 2 rings (SSSR count). The molecule has 2 aromatic carbocycles. The quantitative estimate of drug-likeness (QED) is 0.375. The molecule has 4 N–H and O–H groups in total. The molecule has 2 aromatic rings. The van der Waals surface area contributed by atoms with Crippen molar-refractivity contribution >= 4 is 35.6 Å². The Hall–Kier alpha value is -1.80. The number of benzene rings is 2. The van der Waals surface area contributed by atoms with Gasteiger partial charge < -0.3 is 20.9 Å². The van der Waals surface area contributed by atoms with Crippen LogP contribution in [0.3, 0.4) is 0 Å². The summed E-state index contributed by atoms with van der Waals surface area (Å²) < 4.78 is 5.76. The molecule has 0 fully saturated rings. The minimum atomic E-state index is 0. The number of para-hydroxylation sites is 1. The number of anilines is 1. The molecular formula is C17H22IN3O2. The van der Waals surface area contributed by atoms with Crippen LogP contribution in [-0.4, -0.2) is 24.2 Å². The van der Waals surface area contributed by atoms with Crippen molar-refractivity contribution in [3.8, 4) is 11.5 Å². The fourth-order valence-electron chi connectivity index (χ4n) is 1.76. The van der Waals surface area contributed by atoms with Crippen LogP contribution in [-0.2, 0) is 0 Å². The lowest BCUT2D eigenvalue weighted by molar-refractivity contribution is 0.242. The minimum absolute atomic E-state index is 0. The molecular weight excluding hydrogens is 405 g/mol. The molecule has 0 spiro atoms. The molecule has 0 saturated carbocycles. The topological polar surface area (TPSA) is 79.9 Å². The van der Waals surface area contributed by atoms with Crippen LogP contribution in [0, 0.1) is 5.92 Å². The number of hydrogen-bond acceptors (Lipinski definition) is 3. The third-order valence-electron chi connectivity index (χ3n) is 2.97. The first-order chi connectivity index (χ1) is 10.7. The molecule has 0 aliphatic rings. The summed E-state index contributed by atoms with van der Waals surface area (Å²) in [6, 6.07) is 17.1. The third-order valence-corrected chi connectivity index (χ3v) is 2.97. The van der Waals surface area contributed by atoms with E-state index in [1.54, 1.807) is 0 Å². The van der Waals surface area contributed by atoms with E-state index in [1.165, 1.54) is 0 Å². The van der Waals surface area contributed by atoms with Gasteiger partial charge in [0.25, 0.3) is 0 Å². The van der Waals surface area contributed by atoms with Gasteiger partial charge in [0.2, 0.25) is 0 Å². The zero-order chi connectivity index (χ0) is 15.8. The highest BCUT2D eigenvalue weighted by molar-refractivity contribution is 14.0. The number of hydrogen-bond donors (Lipinski definition) is 3. The third kappa shape index (κ3) is 6.87. The van der Waals surface area contributed by atoms with Gasteiger partial charge in [0.15, 0.2) is 5.96 Å². The van der Waals surface area contributed by atoms with Gasteiger partial charge in [-0.25, -0.2) is 0 Å². The van der Waals surface area contributed by atoms with Gasteiger partial charge in [0.05, 0.1) is 0 Å². The van der Waals surface area contributed by atoms with Crippen molar-refractivity contribution in [1.82, 2.24) is 0 Å². The molecule has 0 aromatic heterocycles. The number of halogens is 1. The monoisotopic (exact) mass is 427 g/mol. The summed E-state index contributed by atoms with van der Waals surface area (Å²) in [4.78, 5) is 4.19. The van der Waals surface area contributed by atoms with Crippen LogP contribution < -0.4 is 15.8 Å². The van der Waals surface area contributed by atoms with E-state index in [-0.39, 0.29) is 36.5 Å². The van der Waals surface area contributed by atoms with Crippen LogP contribution in [0.25, 0.3) is 0 Å². The highest BCUT2D eigenvalue weighted by Gasteiger charge is 2.01. The Kier molecular flexibility index (Phi) is 8.42. The number of guanidine groups is 1. The van der Waals surface area contributed by atoms with Crippen LogP contribution in [0.2, 0.25) is 0 Å². The van der Waals surface area contributed by atoms with Crippen molar-refractivity contribution in [1.29, 1.82) is 0 Å². The molecule has 0 bridgehead atoms. The Morgan fingerprint density at radius 1 is 1.17 bits per heavy atom. The highest BCUT2D eigenvalue weighted by Crippen LogP contribution is 2.23. The first-order valence-electron chi connectivity index (χ1n) is 7.18. The number of nitrogens with one attached hydrogen (secondary N) is 1. The molecule has 0 amide bonds. The van der Waals surface area contributed by atoms with Gasteiger partial charge in [-0.05, 0) is 30.2 Å². The van der Waals surface area contributed by atoms with E-state index in [4.69, 9.17) is 15.6 Å². The smallest absolute Gasteiger partial charge is 0.193 e. The Labute approximate surface area is 153 Å². The first-order valence-corrected chi connectivity index (χ1v) is 7.18. The van der Waals surface area contributed by atoms with E-state index in [0.29, 0.717) is 18.3 Å². The summed E-state index contributed by atoms with van der Waals surface area (Å²) in [5, 5.41) is 12.0. The SMILES string of the molecule is CC(CO)CN=C(N)Nc1cccc(Oc2ccccc2)c1.I. The normalized spacial score (nSPS) is 12.2. The summed E-state index contributed by atoms with van der Waals surface area (Å²) in [7, 11) is 0. The van der Waals surface area contributed by atoms with Gasteiger partial charge >= 0.3 is 0 Å². The lowest BCUT2D eigenvalue weighted by atomic mass is 10.2. The second kappa shape index (κ2) is 10.1. The molecule has 124 valence electrons. The van der Waals surface area contributed by atoms with Gasteiger partial charge in [-0.2, -0.15) is 0 Å². The molecule has 0 saturated heterocycles. The summed E-state index contributed by atoms with van der Waals surface area (Å²) >= 11 is 0. The fraction of sp³-hybridized carbons (Fsp3) is 0.235.